The first-order valence-corrected chi connectivity index (χ1v) is 20.7. The Balaban J connectivity index is 1.92. The van der Waals surface area contributed by atoms with E-state index in [4.69, 9.17) is 22.9 Å². The van der Waals surface area contributed by atoms with Gasteiger partial charge in [-0.25, -0.2) is 4.79 Å². The van der Waals surface area contributed by atoms with Crippen molar-refractivity contribution in [2.75, 3.05) is 19.7 Å². The number of benzene rings is 2. The Morgan fingerprint density at radius 2 is 1.19 bits per heavy atom. The van der Waals surface area contributed by atoms with Gasteiger partial charge < -0.3 is 64.6 Å². The van der Waals surface area contributed by atoms with Gasteiger partial charge >= 0.3 is 5.97 Å². The number of hydrogen-bond donors (Lipinski definition) is 11. The summed E-state index contributed by atoms with van der Waals surface area (Å²) in [6, 6.07) is 8.23. The molecule has 3 rings (SSSR count). The number of carbonyl (C=O) groups is 8. The van der Waals surface area contributed by atoms with Crippen LogP contribution in [0.15, 0.2) is 65.7 Å². The summed E-state index contributed by atoms with van der Waals surface area (Å²) in [5.74, 6) is -7.49. The number of nitrogens with zero attached hydrogens (tertiary/aromatic N) is 2. The Morgan fingerprint density at radius 1 is 0.714 bits per heavy atom. The van der Waals surface area contributed by atoms with Crippen LogP contribution in [-0.2, 0) is 51.2 Å². The zero-order valence-electron chi connectivity index (χ0n) is 35.5. The minimum absolute atomic E-state index is 0.00528. The lowest BCUT2D eigenvalue weighted by Gasteiger charge is -2.29. The summed E-state index contributed by atoms with van der Waals surface area (Å²) < 4.78 is 0. The number of carboxylic acid groups (broad SMARTS) is 1. The molecule has 7 amide bonds. The van der Waals surface area contributed by atoms with Crippen molar-refractivity contribution in [3.05, 3.63) is 71.8 Å². The van der Waals surface area contributed by atoms with Gasteiger partial charge in [-0.1, -0.05) is 74.5 Å². The van der Waals surface area contributed by atoms with Gasteiger partial charge in [0.05, 0.1) is 13.0 Å². The molecule has 21 nitrogen and oxygen atoms in total. The third-order valence-electron chi connectivity index (χ3n) is 10.1. The number of hydrogen-bond acceptors (Lipinski definition) is 11. The smallest absolute Gasteiger partial charge is 0.326 e. The molecule has 2 aromatic carbocycles. The lowest BCUT2D eigenvalue weighted by molar-refractivity contribution is -0.149. The first kappa shape index (κ1) is 50.7. The van der Waals surface area contributed by atoms with Gasteiger partial charge in [-0.15, -0.1) is 0 Å². The second-order valence-electron chi connectivity index (χ2n) is 15.8. The number of aliphatic hydroxyl groups is 1. The monoisotopic (exact) mass is 879 g/mol. The Bertz CT molecular complexity index is 1910. The van der Waals surface area contributed by atoms with E-state index >= 15 is 0 Å². The molecule has 0 bridgehead atoms. The molecule has 1 aliphatic rings. The lowest BCUT2D eigenvalue weighted by Crippen LogP contribution is -2.60. The highest BCUT2D eigenvalue weighted by Gasteiger charge is 2.39. The minimum Gasteiger partial charge on any atom is -0.480 e. The van der Waals surface area contributed by atoms with Crippen LogP contribution in [0.2, 0.25) is 0 Å². The Kier molecular flexibility index (Phi) is 20.4. The van der Waals surface area contributed by atoms with E-state index in [-0.39, 0.29) is 63.5 Å². The van der Waals surface area contributed by atoms with Gasteiger partial charge in [-0.3, -0.25) is 38.6 Å². The SMILES string of the molecule is CC(C)CC(NC(=O)C(Cc1ccccc1)NC(=O)C(Cc1ccccc1)NC(=O)C(N)CO)C(=O)NC(CCCN=C(N)N)C(=O)NC(CC(N)=O)C(=O)N1CCCC1C(=O)O. The molecule has 0 aliphatic carbocycles. The quantitative estimate of drug-likeness (QED) is 0.0275. The van der Waals surface area contributed by atoms with E-state index in [0.29, 0.717) is 17.5 Å². The van der Waals surface area contributed by atoms with Gasteiger partial charge in [-0.2, -0.15) is 0 Å². The van der Waals surface area contributed by atoms with Gasteiger partial charge in [0.2, 0.25) is 41.4 Å². The van der Waals surface area contributed by atoms with Crippen LogP contribution in [0.4, 0.5) is 0 Å². The molecule has 0 spiro atoms. The molecule has 1 fully saturated rings. The second-order valence-corrected chi connectivity index (χ2v) is 15.8. The summed E-state index contributed by atoms with van der Waals surface area (Å²) in [6.07, 6.45) is -0.0201. The van der Waals surface area contributed by atoms with Gasteiger partial charge in [-0.05, 0) is 49.1 Å². The van der Waals surface area contributed by atoms with Gasteiger partial charge in [0.1, 0.15) is 42.3 Å². The number of nitrogens with one attached hydrogen (secondary N) is 5. The highest BCUT2D eigenvalue weighted by molar-refractivity contribution is 5.98. The molecule has 0 radical (unpaired) electrons. The van der Waals surface area contributed by atoms with Crippen molar-refractivity contribution < 1.29 is 48.6 Å². The van der Waals surface area contributed by atoms with Crippen molar-refractivity contribution in [1.82, 2.24) is 31.5 Å². The summed E-state index contributed by atoms with van der Waals surface area (Å²) in [4.78, 5) is 112. The zero-order valence-corrected chi connectivity index (χ0v) is 35.5. The van der Waals surface area contributed by atoms with Crippen LogP contribution < -0.4 is 49.5 Å². The number of aliphatic imine (C=N–C) groups is 1. The van der Waals surface area contributed by atoms with E-state index < -0.39 is 103 Å². The lowest BCUT2D eigenvalue weighted by atomic mass is 9.99. The van der Waals surface area contributed by atoms with Crippen LogP contribution in [0.3, 0.4) is 0 Å². The number of aliphatic hydroxyl groups excluding tert-OH is 1. The normalized spacial score (nSPS) is 16.3. The van der Waals surface area contributed by atoms with E-state index in [1.807, 2.05) is 0 Å². The average molecular weight is 880 g/mol. The number of nitrogens with two attached hydrogens (primary N) is 4. The van der Waals surface area contributed by atoms with Crippen LogP contribution in [0, 0.1) is 5.92 Å². The number of likely N-dealkylation sites (tertiary alicyclic amines) is 1. The maximum atomic E-state index is 14.3. The standard InChI is InChI=1S/C42H61N11O10/c1-24(2)19-29(37(58)48-28(15-9-17-47-42(45)46)36(57)52-32(22-34(44)55)40(61)53-18-10-16-33(53)41(62)63)50-39(60)31(21-26-13-7-4-8-14-26)51-38(59)30(49-35(56)27(43)23-54)20-25-11-5-3-6-12-25/h3-8,11-14,24,27-33,54H,9-10,15-23,43H2,1-2H3,(H2,44,55)(H,48,58)(H,49,56)(H,50,60)(H,51,59)(H,52,57)(H,62,63)(H4,45,46,47). The number of aliphatic carboxylic acids is 1. The molecule has 2 aromatic rings. The van der Waals surface area contributed by atoms with Gasteiger partial charge in [0.25, 0.3) is 0 Å². The molecule has 0 saturated carbocycles. The average Bonchev–Trinajstić information content (AvgIpc) is 3.74. The first-order chi connectivity index (χ1) is 29.9. The van der Waals surface area contributed by atoms with E-state index in [9.17, 15) is 48.6 Å². The Morgan fingerprint density at radius 3 is 1.68 bits per heavy atom. The highest BCUT2D eigenvalue weighted by Crippen LogP contribution is 2.20. The van der Waals surface area contributed by atoms with Crippen LogP contribution in [0.25, 0.3) is 0 Å². The maximum absolute atomic E-state index is 14.3. The van der Waals surface area contributed by atoms with Gasteiger partial charge in [0, 0.05) is 25.9 Å². The highest BCUT2D eigenvalue weighted by atomic mass is 16.4. The predicted octanol–water partition coefficient (Wildman–Crippen LogP) is -2.73. The summed E-state index contributed by atoms with van der Waals surface area (Å²) in [7, 11) is 0. The number of amides is 7. The van der Waals surface area contributed by atoms with Crippen LogP contribution in [0.5, 0.6) is 0 Å². The van der Waals surface area contributed by atoms with Crippen molar-refractivity contribution >= 4 is 53.3 Å². The van der Waals surface area contributed by atoms with E-state index in [1.54, 1.807) is 74.5 Å². The molecule has 63 heavy (non-hydrogen) atoms. The molecule has 21 heteroatoms. The molecule has 7 atom stereocenters. The molecular formula is C42H61N11O10. The van der Waals surface area contributed by atoms with Crippen molar-refractivity contribution in [3.63, 3.8) is 0 Å². The summed E-state index contributed by atoms with van der Waals surface area (Å²) in [5.41, 5.74) is 23.4. The van der Waals surface area contributed by atoms with Crippen LogP contribution in [-0.4, -0.2) is 130 Å². The molecule has 344 valence electrons. The fourth-order valence-corrected chi connectivity index (χ4v) is 6.93. The van der Waals surface area contributed by atoms with E-state index in [2.05, 4.69) is 31.6 Å². The van der Waals surface area contributed by atoms with Crippen LogP contribution >= 0.6 is 0 Å². The summed E-state index contributed by atoms with van der Waals surface area (Å²) >= 11 is 0. The molecule has 1 saturated heterocycles. The predicted molar refractivity (Wildman–Crippen MR) is 231 cm³/mol. The molecular weight excluding hydrogens is 819 g/mol. The summed E-state index contributed by atoms with van der Waals surface area (Å²) in [6.45, 7) is 3.03. The first-order valence-electron chi connectivity index (χ1n) is 20.7. The minimum atomic E-state index is -1.56. The fourth-order valence-electron chi connectivity index (χ4n) is 6.93. The Labute approximate surface area is 365 Å². The number of rotatable bonds is 25. The molecule has 1 heterocycles. The van der Waals surface area contributed by atoms with Gasteiger partial charge in [0.15, 0.2) is 5.96 Å². The van der Waals surface area contributed by atoms with Crippen LogP contribution in [0.1, 0.15) is 63.5 Å². The number of primary amides is 1. The maximum Gasteiger partial charge on any atom is 0.326 e. The molecule has 7 unspecified atom stereocenters. The largest absolute Gasteiger partial charge is 0.480 e. The van der Waals surface area contributed by atoms with Crippen molar-refractivity contribution in [1.29, 1.82) is 0 Å². The Hall–Kier alpha value is -6.61. The third kappa shape index (κ3) is 17.0. The number of carboxylic acids is 1. The molecule has 1 aliphatic heterocycles. The fraction of sp³-hybridized carbons (Fsp3) is 0.500. The van der Waals surface area contributed by atoms with E-state index in [0.717, 1.165) is 4.90 Å². The zero-order chi connectivity index (χ0) is 46.6. The summed E-state index contributed by atoms with van der Waals surface area (Å²) in [5, 5.41) is 32.3. The number of carbonyl (C=O) groups excluding carboxylic acids is 7. The topological polar surface area (TPSA) is 357 Å². The second kappa shape index (κ2) is 25.4. The number of guanidine groups is 1. The van der Waals surface area contributed by atoms with E-state index in [1.165, 1.54) is 0 Å². The molecule has 15 N–H and O–H groups in total. The van der Waals surface area contributed by atoms with Crippen molar-refractivity contribution in [2.24, 2.45) is 33.8 Å². The molecule has 0 aromatic heterocycles. The van der Waals surface area contributed by atoms with Crippen molar-refractivity contribution in [2.45, 2.75) is 108 Å². The van der Waals surface area contributed by atoms with Crippen molar-refractivity contribution in [3.8, 4) is 0 Å². The third-order valence-corrected chi connectivity index (χ3v) is 10.1.